The Morgan fingerprint density at radius 2 is 1.68 bits per heavy atom. The zero-order chi connectivity index (χ0) is 14.8. The molecule has 0 spiro atoms. The molecule has 0 aliphatic heterocycles. The molecular formula is C16H31NO2. The highest BCUT2D eigenvalue weighted by atomic mass is 16.5. The summed E-state index contributed by atoms with van der Waals surface area (Å²) in [5.74, 6) is 2.21. The molecule has 19 heavy (non-hydrogen) atoms. The van der Waals surface area contributed by atoms with Crippen LogP contribution in [0.3, 0.4) is 0 Å². The van der Waals surface area contributed by atoms with E-state index < -0.39 is 0 Å². The summed E-state index contributed by atoms with van der Waals surface area (Å²) in [7, 11) is 0. The van der Waals surface area contributed by atoms with E-state index in [1.807, 2.05) is 0 Å². The third-order valence-electron chi connectivity index (χ3n) is 3.63. The number of ketones is 1. The van der Waals surface area contributed by atoms with Gasteiger partial charge in [0.2, 0.25) is 0 Å². The van der Waals surface area contributed by atoms with Crippen molar-refractivity contribution in [3.05, 3.63) is 0 Å². The fourth-order valence-electron chi connectivity index (χ4n) is 2.26. The van der Waals surface area contributed by atoms with Gasteiger partial charge in [-0.1, -0.05) is 40.0 Å². The van der Waals surface area contributed by atoms with E-state index in [0.29, 0.717) is 36.0 Å². The largest absolute Gasteiger partial charge is 0.481 e. The van der Waals surface area contributed by atoms with Crippen LogP contribution in [0, 0.1) is 23.2 Å². The van der Waals surface area contributed by atoms with Gasteiger partial charge in [-0.05, 0) is 31.6 Å². The zero-order valence-corrected chi connectivity index (χ0v) is 13.3. The van der Waals surface area contributed by atoms with Crippen LogP contribution in [0.1, 0.15) is 66.7 Å². The van der Waals surface area contributed by atoms with E-state index in [0.717, 1.165) is 0 Å². The number of carbonyl (C=O) groups excluding carboxylic acids is 1. The first-order valence-electron chi connectivity index (χ1n) is 7.53. The lowest BCUT2D eigenvalue weighted by atomic mass is 9.79. The van der Waals surface area contributed by atoms with Crippen molar-refractivity contribution in [2.75, 3.05) is 6.61 Å². The van der Waals surface area contributed by atoms with Crippen molar-refractivity contribution in [2.24, 2.45) is 17.8 Å². The van der Waals surface area contributed by atoms with Gasteiger partial charge in [0.15, 0.2) is 5.90 Å². The van der Waals surface area contributed by atoms with Gasteiger partial charge in [-0.15, -0.1) is 0 Å². The van der Waals surface area contributed by atoms with E-state index in [4.69, 9.17) is 10.1 Å². The molecule has 112 valence electrons. The minimum atomic E-state index is 0.304. The molecule has 1 N–H and O–H groups in total. The minimum Gasteiger partial charge on any atom is -0.481 e. The van der Waals surface area contributed by atoms with Crippen molar-refractivity contribution in [3.63, 3.8) is 0 Å². The van der Waals surface area contributed by atoms with E-state index in [-0.39, 0.29) is 0 Å². The number of hydrogen-bond acceptors (Lipinski definition) is 3. The number of ether oxygens (including phenoxy) is 1. The zero-order valence-electron chi connectivity index (χ0n) is 13.3. The van der Waals surface area contributed by atoms with Gasteiger partial charge in [0.1, 0.15) is 5.78 Å². The Morgan fingerprint density at radius 3 is 2.00 bits per heavy atom. The maximum atomic E-state index is 11.0. The van der Waals surface area contributed by atoms with Crippen LogP contribution in [0.4, 0.5) is 0 Å². The van der Waals surface area contributed by atoms with Crippen LogP contribution in [0.2, 0.25) is 0 Å². The molecule has 0 heterocycles. The molecule has 3 heteroatoms. The first-order valence-corrected chi connectivity index (χ1v) is 7.53. The Kier molecular flexibility index (Phi) is 9.54. The van der Waals surface area contributed by atoms with Gasteiger partial charge < -0.3 is 4.74 Å². The summed E-state index contributed by atoms with van der Waals surface area (Å²) >= 11 is 0. The summed E-state index contributed by atoms with van der Waals surface area (Å²) in [4.78, 5) is 11.0. The molecule has 3 nitrogen and oxygen atoms in total. The highest BCUT2D eigenvalue weighted by Gasteiger charge is 2.22. The molecule has 1 atom stereocenters. The summed E-state index contributed by atoms with van der Waals surface area (Å²) in [5.41, 5.74) is 0. The Labute approximate surface area is 118 Å². The number of carbonyl (C=O) groups is 1. The van der Waals surface area contributed by atoms with Crippen LogP contribution in [0.25, 0.3) is 0 Å². The molecule has 0 aromatic heterocycles. The Morgan fingerprint density at radius 1 is 1.16 bits per heavy atom. The molecule has 0 aromatic rings. The number of hydrogen-bond donors (Lipinski definition) is 1. The quantitative estimate of drug-likeness (QED) is 0.605. The minimum absolute atomic E-state index is 0.304. The highest BCUT2D eigenvalue weighted by molar-refractivity contribution is 5.78. The Balaban J connectivity index is 0.000000362. The number of nitrogens with one attached hydrogen (secondary N) is 1. The second-order valence-electron chi connectivity index (χ2n) is 6.06. The van der Waals surface area contributed by atoms with Crippen molar-refractivity contribution in [1.82, 2.24) is 0 Å². The third kappa shape index (κ3) is 9.69. The molecule has 1 rings (SSSR count). The summed E-state index contributed by atoms with van der Waals surface area (Å²) in [6.45, 7) is 10.2. The first kappa shape index (κ1) is 18.1. The second kappa shape index (κ2) is 9.99. The summed E-state index contributed by atoms with van der Waals surface area (Å²) < 4.78 is 4.89. The molecule has 0 amide bonds. The van der Waals surface area contributed by atoms with Gasteiger partial charge in [0.25, 0.3) is 0 Å². The van der Waals surface area contributed by atoms with E-state index in [2.05, 4.69) is 20.8 Å². The van der Waals surface area contributed by atoms with Crippen LogP contribution in [0.5, 0.6) is 0 Å². The topological polar surface area (TPSA) is 50.1 Å². The smallest absolute Gasteiger partial charge is 0.177 e. The van der Waals surface area contributed by atoms with Crippen molar-refractivity contribution in [3.8, 4) is 0 Å². The summed E-state index contributed by atoms with van der Waals surface area (Å²) in [5, 5.41) is 6.87. The SMILES string of the molecule is CC(=N)OCC(C)C.CC(=O)C(C)C1CCCCC1. The van der Waals surface area contributed by atoms with Crippen molar-refractivity contribution >= 4 is 11.7 Å². The molecule has 1 fully saturated rings. The van der Waals surface area contributed by atoms with Crippen LogP contribution < -0.4 is 0 Å². The first-order chi connectivity index (χ1) is 8.84. The predicted octanol–water partition coefficient (Wildman–Crippen LogP) is 4.45. The molecular weight excluding hydrogens is 238 g/mol. The van der Waals surface area contributed by atoms with Crippen LogP contribution in [-0.2, 0) is 9.53 Å². The van der Waals surface area contributed by atoms with Crippen LogP contribution in [0.15, 0.2) is 0 Å². The molecule has 0 bridgehead atoms. The fraction of sp³-hybridized carbons (Fsp3) is 0.875. The standard InChI is InChI=1S/C10H18O.C6H13NO/c1-8(9(2)11)10-6-4-3-5-7-10;1-5(2)4-8-6(3)7/h8,10H,3-7H2,1-2H3;5,7H,4H2,1-3H3. The summed E-state index contributed by atoms with van der Waals surface area (Å²) in [6.07, 6.45) is 6.60. The lowest BCUT2D eigenvalue weighted by Gasteiger charge is -2.25. The molecule has 1 saturated carbocycles. The maximum Gasteiger partial charge on any atom is 0.177 e. The van der Waals surface area contributed by atoms with Crippen molar-refractivity contribution in [1.29, 1.82) is 5.41 Å². The van der Waals surface area contributed by atoms with Gasteiger partial charge >= 0.3 is 0 Å². The predicted molar refractivity (Wildman–Crippen MR) is 80.6 cm³/mol. The van der Waals surface area contributed by atoms with Crippen LogP contribution in [-0.4, -0.2) is 18.3 Å². The Hall–Kier alpha value is -0.860. The molecule has 0 aromatic carbocycles. The monoisotopic (exact) mass is 269 g/mol. The molecule has 1 aliphatic carbocycles. The number of Topliss-reactive ketones (excluding diaryl/α,β-unsaturated/α-hetero) is 1. The maximum absolute atomic E-state index is 11.0. The van der Waals surface area contributed by atoms with Crippen molar-refractivity contribution in [2.45, 2.75) is 66.7 Å². The van der Waals surface area contributed by atoms with Crippen LogP contribution >= 0.6 is 0 Å². The second-order valence-corrected chi connectivity index (χ2v) is 6.06. The Bertz CT molecular complexity index is 268. The fourth-order valence-corrected chi connectivity index (χ4v) is 2.26. The molecule has 0 saturated heterocycles. The average Bonchev–Trinajstić information content (AvgIpc) is 2.37. The van der Waals surface area contributed by atoms with Gasteiger partial charge in [-0.25, -0.2) is 0 Å². The van der Waals surface area contributed by atoms with E-state index >= 15 is 0 Å². The summed E-state index contributed by atoms with van der Waals surface area (Å²) in [6, 6.07) is 0. The average molecular weight is 269 g/mol. The van der Waals surface area contributed by atoms with Gasteiger partial charge in [-0.2, -0.15) is 0 Å². The molecule has 0 radical (unpaired) electrons. The lowest BCUT2D eigenvalue weighted by Crippen LogP contribution is -2.20. The molecule has 1 aliphatic rings. The van der Waals surface area contributed by atoms with Gasteiger partial charge in [0, 0.05) is 12.8 Å². The van der Waals surface area contributed by atoms with Crippen molar-refractivity contribution < 1.29 is 9.53 Å². The van der Waals surface area contributed by atoms with Gasteiger partial charge in [-0.3, -0.25) is 10.2 Å². The van der Waals surface area contributed by atoms with E-state index in [1.54, 1.807) is 13.8 Å². The third-order valence-corrected chi connectivity index (χ3v) is 3.63. The van der Waals surface area contributed by atoms with E-state index in [9.17, 15) is 4.79 Å². The number of rotatable bonds is 4. The van der Waals surface area contributed by atoms with E-state index in [1.165, 1.54) is 32.1 Å². The van der Waals surface area contributed by atoms with Gasteiger partial charge in [0.05, 0.1) is 6.61 Å². The molecule has 1 unspecified atom stereocenters. The highest BCUT2D eigenvalue weighted by Crippen LogP contribution is 2.29. The lowest BCUT2D eigenvalue weighted by molar-refractivity contribution is -0.122. The normalized spacial score (nSPS) is 17.4.